The molecular formula is C9H15N3O. The van der Waals surface area contributed by atoms with Crippen molar-refractivity contribution in [2.45, 2.75) is 6.10 Å². The summed E-state index contributed by atoms with van der Waals surface area (Å²) in [4.78, 5) is 2.27. The third kappa shape index (κ3) is 1.89. The lowest BCUT2D eigenvalue weighted by Gasteiger charge is -2.28. The van der Waals surface area contributed by atoms with Crippen molar-refractivity contribution in [1.29, 1.82) is 0 Å². The Morgan fingerprint density at radius 3 is 3.00 bits per heavy atom. The summed E-state index contributed by atoms with van der Waals surface area (Å²) in [5, 5.41) is 4.33. The molecule has 1 fully saturated rings. The van der Waals surface area contributed by atoms with Crippen LogP contribution in [0.2, 0.25) is 0 Å². The number of nitrogens with zero attached hydrogens (tertiary/aromatic N) is 3. The highest BCUT2D eigenvalue weighted by molar-refractivity contribution is 5.04. The van der Waals surface area contributed by atoms with Gasteiger partial charge in [0.15, 0.2) is 0 Å². The van der Waals surface area contributed by atoms with Gasteiger partial charge in [-0.2, -0.15) is 5.10 Å². The Bertz CT molecular complexity index is 284. The number of morpholine rings is 1. The van der Waals surface area contributed by atoms with E-state index in [1.165, 1.54) is 0 Å². The zero-order valence-electron chi connectivity index (χ0n) is 8.10. The summed E-state index contributed by atoms with van der Waals surface area (Å²) in [6, 6.07) is 2.02. The number of hydrogen-bond acceptors (Lipinski definition) is 3. The molecule has 0 bridgehead atoms. The van der Waals surface area contributed by atoms with E-state index in [0.29, 0.717) is 0 Å². The molecule has 0 saturated carbocycles. The van der Waals surface area contributed by atoms with E-state index in [4.69, 9.17) is 4.74 Å². The normalized spacial score (nSPS) is 24.9. The van der Waals surface area contributed by atoms with Crippen LogP contribution in [0, 0.1) is 0 Å². The molecule has 1 atom stereocenters. The van der Waals surface area contributed by atoms with Crippen molar-refractivity contribution in [1.82, 2.24) is 14.7 Å². The fraction of sp³-hybridized carbons (Fsp3) is 0.667. The van der Waals surface area contributed by atoms with Crippen molar-refractivity contribution >= 4 is 0 Å². The third-order valence-corrected chi connectivity index (χ3v) is 2.33. The van der Waals surface area contributed by atoms with E-state index in [0.717, 1.165) is 25.4 Å². The molecule has 4 nitrogen and oxygen atoms in total. The molecule has 1 aromatic heterocycles. The van der Waals surface area contributed by atoms with Crippen LogP contribution in [0.3, 0.4) is 0 Å². The van der Waals surface area contributed by atoms with Crippen molar-refractivity contribution in [3.63, 3.8) is 0 Å². The Balaban J connectivity index is 2.08. The molecule has 1 unspecified atom stereocenters. The van der Waals surface area contributed by atoms with Crippen LogP contribution in [0.1, 0.15) is 11.8 Å². The smallest absolute Gasteiger partial charge is 0.114 e. The molecule has 0 aromatic carbocycles. The Morgan fingerprint density at radius 2 is 2.38 bits per heavy atom. The molecule has 1 aliphatic heterocycles. The quantitative estimate of drug-likeness (QED) is 0.629. The first kappa shape index (κ1) is 8.72. The van der Waals surface area contributed by atoms with Gasteiger partial charge in [-0.15, -0.1) is 0 Å². The van der Waals surface area contributed by atoms with Gasteiger partial charge in [-0.05, 0) is 13.1 Å². The number of ether oxygens (including phenoxy) is 1. The van der Waals surface area contributed by atoms with Crippen molar-refractivity contribution in [3.05, 3.63) is 18.0 Å². The maximum Gasteiger partial charge on any atom is 0.114 e. The van der Waals surface area contributed by atoms with Gasteiger partial charge < -0.3 is 9.64 Å². The first-order valence-corrected chi connectivity index (χ1v) is 4.55. The summed E-state index contributed by atoms with van der Waals surface area (Å²) < 4.78 is 7.44. The minimum absolute atomic E-state index is 0.153. The first-order valence-electron chi connectivity index (χ1n) is 4.55. The number of aryl methyl sites for hydroxylation is 1. The van der Waals surface area contributed by atoms with Gasteiger partial charge in [0.25, 0.3) is 0 Å². The number of rotatable bonds is 1. The molecule has 0 amide bonds. The van der Waals surface area contributed by atoms with Crippen LogP contribution in [-0.4, -0.2) is 41.4 Å². The summed E-state index contributed by atoms with van der Waals surface area (Å²) >= 11 is 0. The van der Waals surface area contributed by atoms with Gasteiger partial charge in [0.2, 0.25) is 0 Å². The van der Waals surface area contributed by atoms with E-state index in [1.807, 2.05) is 24.0 Å². The van der Waals surface area contributed by atoms with E-state index in [-0.39, 0.29) is 6.10 Å². The molecule has 13 heavy (non-hydrogen) atoms. The summed E-state index contributed by atoms with van der Waals surface area (Å²) in [5.41, 5.74) is 1.04. The van der Waals surface area contributed by atoms with Crippen molar-refractivity contribution in [2.24, 2.45) is 7.05 Å². The fourth-order valence-electron chi connectivity index (χ4n) is 1.56. The predicted octanol–water partition coefficient (Wildman–Crippen LogP) is 0.423. The maximum absolute atomic E-state index is 5.63. The number of hydrogen-bond donors (Lipinski definition) is 0. The predicted molar refractivity (Wildman–Crippen MR) is 49.4 cm³/mol. The molecule has 1 saturated heterocycles. The fourth-order valence-corrected chi connectivity index (χ4v) is 1.56. The largest absolute Gasteiger partial charge is 0.369 e. The molecule has 0 aliphatic carbocycles. The second kappa shape index (κ2) is 3.47. The van der Waals surface area contributed by atoms with Gasteiger partial charge in [0.1, 0.15) is 6.10 Å². The molecule has 1 aliphatic rings. The third-order valence-electron chi connectivity index (χ3n) is 2.33. The van der Waals surface area contributed by atoms with E-state index < -0.39 is 0 Å². The lowest BCUT2D eigenvalue weighted by Crippen LogP contribution is -2.35. The molecule has 0 radical (unpaired) electrons. The van der Waals surface area contributed by atoms with Crippen LogP contribution in [0.15, 0.2) is 12.3 Å². The van der Waals surface area contributed by atoms with Crippen LogP contribution in [-0.2, 0) is 11.8 Å². The highest BCUT2D eigenvalue weighted by atomic mass is 16.5. The van der Waals surface area contributed by atoms with Crippen molar-refractivity contribution in [3.8, 4) is 0 Å². The van der Waals surface area contributed by atoms with Gasteiger partial charge in [-0.25, -0.2) is 0 Å². The van der Waals surface area contributed by atoms with Crippen LogP contribution >= 0.6 is 0 Å². The van der Waals surface area contributed by atoms with Gasteiger partial charge in [-0.1, -0.05) is 0 Å². The lowest BCUT2D eigenvalue weighted by atomic mass is 10.2. The standard InChI is InChI=1S/C9H15N3O/c1-11-5-6-13-9(7-11)8-3-4-12(2)10-8/h3-4,9H,5-7H2,1-2H3. The molecule has 0 spiro atoms. The van der Waals surface area contributed by atoms with Crippen LogP contribution < -0.4 is 0 Å². The molecule has 72 valence electrons. The zero-order chi connectivity index (χ0) is 9.26. The monoisotopic (exact) mass is 181 g/mol. The van der Waals surface area contributed by atoms with Gasteiger partial charge in [0.05, 0.1) is 12.3 Å². The summed E-state index contributed by atoms with van der Waals surface area (Å²) in [6.07, 6.45) is 2.10. The molecule has 4 heteroatoms. The second-order valence-corrected chi connectivity index (χ2v) is 3.54. The SMILES string of the molecule is CN1CCOC(c2ccn(C)n2)C1. The van der Waals surface area contributed by atoms with E-state index in [2.05, 4.69) is 17.0 Å². The van der Waals surface area contributed by atoms with E-state index in [1.54, 1.807) is 0 Å². The Morgan fingerprint density at radius 1 is 1.54 bits per heavy atom. The van der Waals surface area contributed by atoms with Crippen LogP contribution in [0.25, 0.3) is 0 Å². The maximum atomic E-state index is 5.63. The second-order valence-electron chi connectivity index (χ2n) is 3.54. The van der Waals surface area contributed by atoms with Crippen LogP contribution in [0.5, 0.6) is 0 Å². The minimum atomic E-state index is 0.153. The summed E-state index contributed by atoms with van der Waals surface area (Å²) in [5.74, 6) is 0. The lowest BCUT2D eigenvalue weighted by molar-refractivity contribution is -0.0233. The minimum Gasteiger partial charge on any atom is -0.369 e. The first-order chi connectivity index (χ1) is 6.25. The Labute approximate surface area is 78.1 Å². The van der Waals surface area contributed by atoms with Gasteiger partial charge in [0, 0.05) is 26.3 Å². The molecule has 0 N–H and O–H groups in total. The average Bonchev–Trinajstić information content (AvgIpc) is 2.52. The van der Waals surface area contributed by atoms with Crippen LogP contribution in [0.4, 0.5) is 0 Å². The van der Waals surface area contributed by atoms with E-state index in [9.17, 15) is 0 Å². The van der Waals surface area contributed by atoms with Gasteiger partial charge in [-0.3, -0.25) is 4.68 Å². The van der Waals surface area contributed by atoms with Crippen molar-refractivity contribution < 1.29 is 4.74 Å². The molecule has 2 heterocycles. The molecule has 2 rings (SSSR count). The van der Waals surface area contributed by atoms with E-state index >= 15 is 0 Å². The van der Waals surface area contributed by atoms with Gasteiger partial charge >= 0.3 is 0 Å². The molecular weight excluding hydrogens is 166 g/mol. The zero-order valence-corrected chi connectivity index (χ0v) is 8.10. The van der Waals surface area contributed by atoms with Crippen molar-refractivity contribution in [2.75, 3.05) is 26.7 Å². The average molecular weight is 181 g/mol. The Kier molecular flexibility index (Phi) is 2.33. The topological polar surface area (TPSA) is 30.3 Å². The number of aromatic nitrogens is 2. The Hall–Kier alpha value is -0.870. The number of likely N-dealkylation sites (N-methyl/N-ethyl adjacent to an activating group) is 1. The molecule has 1 aromatic rings. The summed E-state index contributed by atoms with van der Waals surface area (Å²) in [7, 11) is 4.04. The highest BCUT2D eigenvalue weighted by Gasteiger charge is 2.20. The summed E-state index contributed by atoms with van der Waals surface area (Å²) in [6.45, 7) is 2.76. The highest BCUT2D eigenvalue weighted by Crippen LogP contribution is 2.18.